The van der Waals surface area contributed by atoms with Gasteiger partial charge in [-0.15, -0.1) is 24.0 Å². The lowest BCUT2D eigenvalue weighted by Crippen LogP contribution is -2.46. The summed E-state index contributed by atoms with van der Waals surface area (Å²) in [5.74, 6) is 0.880. The summed E-state index contributed by atoms with van der Waals surface area (Å²) in [5.41, 5.74) is 0.688. The van der Waals surface area contributed by atoms with E-state index in [-0.39, 0.29) is 47.4 Å². The third-order valence-corrected chi connectivity index (χ3v) is 4.57. The number of ether oxygens (including phenoxy) is 1. The van der Waals surface area contributed by atoms with E-state index in [1.165, 1.54) is 6.07 Å². The van der Waals surface area contributed by atoms with Crippen LogP contribution in [0.1, 0.15) is 37.7 Å². The van der Waals surface area contributed by atoms with Crippen LogP contribution in [0.2, 0.25) is 0 Å². The first-order valence-corrected chi connectivity index (χ1v) is 7.97. The lowest BCUT2D eigenvalue weighted by atomic mass is 10.0. The first-order valence-electron chi connectivity index (χ1n) is 7.97. The number of nitrogens with one attached hydrogen (secondary N) is 2. The minimum Gasteiger partial charge on any atom is -0.373 e. The van der Waals surface area contributed by atoms with Gasteiger partial charge in [-0.05, 0) is 37.8 Å². The van der Waals surface area contributed by atoms with Crippen LogP contribution in [-0.4, -0.2) is 37.8 Å². The molecule has 1 heterocycles. The van der Waals surface area contributed by atoms with E-state index in [9.17, 15) is 4.39 Å². The van der Waals surface area contributed by atoms with Gasteiger partial charge in [-0.2, -0.15) is 0 Å². The topological polar surface area (TPSA) is 45.7 Å². The van der Waals surface area contributed by atoms with Crippen molar-refractivity contribution >= 4 is 29.9 Å². The molecule has 2 N–H and O–H groups in total. The lowest BCUT2D eigenvalue weighted by molar-refractivity contribution is 0.0243. The summed E-state index contributed by atoms with van der Waals surface area (Å²) in [6.07, 6.45) is 3.12. The lowest BCUT2D eigenvalue weighted by Gasteiger charge is -2.24. The van der Waals surface area contributed by atoms with Crippen molar-refractivity contribution in [1.82, 2.24) is 10.6 Å². The minimum absolute atomic E-state index is 0. The van der Waals surface area contributed by atoms with Crippen molar-refractivity contribution in [2.24, 2.45) is 4.99 Å². The van der Waals surface area contributed by atoms with Gasteiger partial charge in [0.2, 0.25) is 0 Å². The minimum atomic E-state index is -0.119. The maximum absolute atomic E-state index is 13.8. The summed E-state index contributed by atoms with van der Waals surface area (Å²) in [4.78, 5) is 4.26. The largest absolute Gasteiger partial charge is 0.373 e. The Morgan fingerprint density at radius 1 is 1.43 bits per heavy atom. The predicted molar refractivity (Wildman–Crippen MR) is 101 cm³/mol. The van der Waals surface area contributed by atoms with Crippen molar-refractivity contribution in [1.29, 1.82) is 0 Å². The Balaban J connectivity index is 0.00000192. The van der Waals surface area contributed by atoms with Gasteiger partial charge in [-0.1, -0.05) is 18.2 Å². The molecular formula is C17H25FIN3O. The van der Waals surface area contributed by atoms with Gasteiger partial charge in [0.25, 0.3) is 0 Å². The van der Waals surface area contributed by atoms with Crippen LogP contribution in [0, 0.1) is 5.82 Å². The summed E-state index contributed by atoms with van der Waals surface area (Å²) in [6.45, 7) is 3.70. The molecule has 2 aliphatic rings. The molecule has 23 heavy (non-hydrogen) atoms. The quantitative estimate of drug-likeness (QED) is 0.436. The Labute approximate surface area is 154 Å². The number of rotatable bonds is 4. The molecule has 128 valence electrons. The molecule has 4 nitrogen and oxygen atoms in total. The molecule has 1 aromatic rings. The third-order valence-electron chi connectivity index (χ3n) is 4.57. The fourth-order valence-electron chi connectivity index (χ4n) is 3.09. The normalized spacial score (nSPS) is 29.8. The molecule has 6 heteroatoms. The Morgan fingerprint density at radius 3 is 2.87 bits per heavy atom. The number of guanidine groups is 1. The van der Waals surface area contributed by atoms with E-state index in [4.69, 9.17) is 4.74 Å². The molecule has 0 aromatic heterocycles. The van der Waals surface area contributed by atoms with Gasteiger partial charge in [-0.25, -0.2) is 4.39 Å². The average Bonchev–Trinajstić information content (AvgIpc) is 3.14. The van der Waals surface area contributed by atoms with Crippen LogP contribution in [0.5, 0.6) is 0 Å². The van der Waals surface area contributed by atoms with Gasteiger partial charge >= 0.3 is 0 Å². The fraction of sp³-hybridized carbons (Fsp3) is 0.588. The monoisotopic (exact) mass is 433 g/mol. The number of benzene rings is 1. The van der Waals surface area contributed by atoms with Crippen molar-refractivity contribution < 1.29 is 9.13 Å². The highest BCUT2D eigenvalue weighted by Crippen LogP contribution is 2.41. The molecule has 0 spiro atoms. The van der Waals surface area contributed by atoms with E-state index in [0.29, 0.717) is 0 Å². The molecule has 3 rings (SSSR count). The summed E-state index contributed by atoms with van der Waals surface area (Å²) in [7, 11) is 1.76. The highest BCUT2D eigenvalue weighted by atomic mass is 127. The van der Waals surface area contributed by atoms with E-state index in [1.54, 1.807) is 13.1 Å². The zero-order chi connectivity index (χ0) is 15.6. The van der Waals surface area contributed by atoms with Crippen LogP contribution < -0.4 is 10.6 Å². The Bertz CT molecular complexity index is 561. The van der Waals surface area contributed by atoms with Crippen LogP contribution in [-0.2, 0) is 4.74 Å². The zero-order valence-electron chi connectivity index (χ0n) is 13.6. The van der Waals surface area contributed by atoms with Gasteiger partial charge in [0, 0.05) is 32.2 Å². The van der Waals surface area contributed by atoms with Gasteiger partial charge < -0.3 is 15.4 Å². The summed E-state index contributed by atoms with van der Waals surface area (Å²) < 4.78 is 19.6. The van der Waals surface area contributed by atoms with Crippen molar-refractivity contribution in [3.8, 4) is 0 Å². The third kappa shape index (κ3) is 4.56. The first-order chi connectivity index (χ1) is 10.6. The van der Waals surface area contributed by atoms with Crippen molar-refractivity contribution in [2.45, 2.75) is 43.7 Å². The van der Waals surface area contributed by atoms with Crippen LogP contribution in [0.3, 0.4) is 0 Å². The molecule has 3 atom stereocenters. The van der Waals surface area contributed by atoms with E-state index < -0.39 is 0 Å². The first kappa shape index (κ1) is 18.4. The molecule has 3 unspecified atom stereocenters. The summed E-state index contributed by atoms with van der Waals surface area (Å²) >= 11 is 0. The highest BCUT2D eigenvalue weighted by molar-refractivity contribution is 14.0. The molecule has 2 fully saturated rings. The van der Waals surface area contributed by atoms with Gasteiger partial charge in [0.15, 0.2) is 5.96 Å². The molecule has 1 aliphatic carbocycles. The highest BCUT2D eigenvalue weighted by Gasteiger charge is 2.40. The molecule has 0 bridgehead atoms. The van der Waals surface area contributed by atoms with E-state index >= 15 is 0 Å². The second-order valence-electron chi connectivity index (χ2n) is 6.44. The predicted octanol–water partition coefficient (Wildman–Crippen LogP) is 3.03. The Morgan fingerprint density at radius 2 is 2.22 bits per heavy atom. The number of hydrogen-bond donors (Lipinski definition) is 2. The second-order valence-corrected chi connectivity index (χ2v) is 6.44. The average molecular weight is 433 g/mol. The molecule has 0 amide bonds. The smallest absolute Gasteiger partial charge is 0.191 e. The second kappa shape index (κ2) is 7.79. The SMILES string of the molecule is CN=C(NCC1(C)CCCO1)NC1CC1c1ccccc1F.I. The van der Waals surface area contributed by atoms with Gasteiger partial charge in [-0.3, -0.25) is 4.99 Å². The Kier molecular flexibility index (Phi) is 6.25. The maximum atomic E-state index is 13.8. The molecular weight excluding hydrogens is 408 g/mol. The van der Waals surface area contributed by atoms with Crippen LogP contribution in [0.15, 0.2) is 29.3 Å². The number of halogens is 2. The standard InChI is InChI=1S/C17H24FN3O.HI/c1-17(8-5-9-22-17)11-20-16(19-2)21-15-10-13(15)12-6-3-4-7-14(12)18;/h3-4,6-7,13,15H,5,8-11H2,1-2H3,(H2,19,20,21);1H. The fourth-order valence-corrected chi connectivity index (χ4v) is 3.09. The number of aliphatic imine (C=N–C) groups is 1. The number of nitrogens with zero attached hydrogens (tertiary/aromatic N) is 1. The van der Waals surface area contributed by atoms with Gasteiger partial charge in [0.1, 0.15) is 5.82 Å². The van der Waals surface area contributed by atoms with Crippen molar-refractivity contribution in [3.63, 3.8) is 0 Å². The Hall–Kier alpha value is -0.890. The van der Waals surface area contributed by atoms with Crippen molar-refractivity contribution in [2.75, 3.05) is 20.2 Å². The van der Waals surface area contributed by atoms with Crippen LogP contribution in [0.25, 0.3) is 0 Å². The zero-order valence-corrected chi connectivity index (χ0v) is 16.0. The molecule has 1 saturated carbocycles. The molecule has 1 aromatic carbocycles. The van der Waals surface area contributed by atoms with Gasteiger partial charge in [0.05, 0.1) is 5.60 Å². The maximum Gasteiger partial charge on any atom is 0.191 e. The molecule has 1 saturated heterocycles. The van der Waals surface area contributed by atoms with E-state index in [1.807, 2.05) is 12.1 Å². The summed E-state index contributed by atoms with van der Waals surface area (Å²) in [6, 6.07) is 7.26. The molecule has 1 aliphatic heterocycles. The van der Waals surface area contributed by atoms with Crippen LogP contribution >= 0.6 is 24.0 Å². The van der Waals surface area contributed by atoms with Crippen LogP contribution in [0.4, 0.5) is 4.39 Å². The van der Waals surface area contributed by atoms with E-state index in [2.05, 4.69) is 22.5 Å². The summed E-state index contributed by atoms with van der Waals surface area (Å²) in [5, 5.41) is 6.70. The van der Waals surface area contributed by atoms with E-state index in [0.717, 1.165) is 43.9 Å². The molecule has 0 radical (unpaired) electrons. The van der Waals surface area contributed by atoms with Crippen molar-refractivity contribution in [3.05, 3.63) is 35.6 Å². The number of hydrogen-bond acceptors (Lipinski definition) is 2.